The molecule has 26 heavy (non-hydrogen) atoms. The average molecular weight is 376 g/mol. The molecule has 2 aromatic rings. The van der Waals surface area contributed by atoms with Crippen molar-refractivity contribution in [2.75, 3.05) is 18.5 Å². The molecule has 1 saturated heterocycles. The molecule has 138 valence electrons. The van der Waals surface area contributed by atoms with Crippen LogP contribution in [0.3, 0.4) is 0 Å². The molecule has 0 aromatic carbocycles. The van der Waals surface area contributed by atoms with Crippen LogP contribution in [-0.4, -0.2) is 41.9 Å². The smallest absolute Gasteiger partial charge is 0.348 e. The molecule has 1 atom stereocenters. The molecule has 0 spiro atoms. The number of likely N-dealkylation sites (tertiary alicyclic amines) is 1. The lowest BCUT2D eigenvalue weighted by Gasteiger charge is -2.33. The number of ether oxygens (including phenoxy) is 1. The lowest BCUT2D eigenvalue weighted by molar-refractivity contribution is -0.137. The maximum absolute atomic E-state index is 12.2. The Morgan fingerprint density at radius 3 is 2.88 bits per heavy atom. The SMILES string of the molecule is CC1CCCCN1C(=O)COC(=O)c1ccc(NC(=O)c2ccco2)s1. The third-order valence-electron chi connectivity index (χ3n) is 4.24. The summed E-state index contributed by atoms with van der Waals surface area (Å²) in [6.45, 7) is 2.45. The summed E-state index contributed by atoms with van der Waals surface area (Å²) in [7, 11) is 0. The zero-order valence-electron chi connectivity index (χ0n) is 14.4. The van der Waals surface area contributed by atoms with E-state index >= 15 is 0 Å². The Balaban J connectivity index is 1.51. The molecule has 1 aliphatic rings. The molecule has 0 saturated carbocycles. The van der Waals surface area contributed by atoms with Crippen LogP contribution in [0.1, 0.15) is 46.4 Å². The molecule has 3 heterocycles. The predicted molar refractivity (Wildman–Crippen MR) is 96.3 cm³/mol. The van der Waals surface area contributed by atoms with E-state index in [2.05, 4.69) is 5.32 Å². The number of carbonyl (C=O) groups excluding carboxylic acids is 3. The van der Waals surface area contributed by atoms with Gasteiger partial charge in [-0.05, 0) is 50.5 Å². The summed E-state index contributed by atoms with van der Waals surface area (Å²) >= 11 is 1.08. The van der Waals surface area contributed by atoms with Gasteiger partial charge in [-0.25, -0.2) is 4.79 Å². The quantitative estimate of drug-likeness (QED) is 0.810. The number of hydrogen-bond acceptors (Lipinski definition) is 6. The topological polar surface area (TPSA) is 88.9 Å². The van der Waals surface area contributed by atoms with Crippen molar-refractivity contribution in [2.45, 2.75) is 32.2 Å². The van der Waals surface area contributed by atoms with Gasteiger partial charge in [0.05, 0.1) is 11.3 Å². The van der Waals surface area contributed by atoms with Crippen LogP contribution in [0.2, 0.25) is 0 Å². The number of furan rings is 1. The maximum atomic E-state index is 12.2. The van der Waals surface area contributed by atoms with Crippen molar-refractivity contribution in [1.82, 2.24) is 4.90 Å². The van der Waals surface area contributed by atoms with E-state index in [0.29, 0.717) is 16.4 Å². The molecule has 8 heteroatoms. The van der Waals surface area contributed by atoms with Crippen LogP contribution < -0.4 is 5.32 Å². The summed E-state index contributed by atoms with van der Waals surface area (Å²) in [5.41, 5.74) is 0. The van der Waals surface area contributed by atoms with Gasteiger partial charge >= 0.3 is 5.97 Å². The van der Waals surface area contributed by atoms with Crippen LogP contribution >= 0.6 is 11.3 Å². The highest BCUT2D eigenvalue weighted by molar-refractivity contribution is 7.18. The Labute approximate surface area is 154 Å². The first-order chi connectivity index (χ1) is 12.5. The van der Waals surface area contributed by atoms with E-state index in [4.69, 9.17) is 9.15 Å². The molecule has 1 aliphatic heterocycles. The zero-order chi connectivity index (χ0) is 18.5. The van der Waals surface area contributed by atoms with Gasteiger partial charge in [0.2, 0.25) is 0 Å². The number of nitrogens with one attached hydrogen (secondary N) is 1. The molecular weight excluding hydrogens is 356 g/mol. The molecule has 1 N–H and O–H groups in total. The summed E-state index contributed by atoms with van der Waals surface area (Å²) < 4.78 is 10.1. The summed E-state index contributed by atoms with van der Waals surface area (Å²) in [5, 5.41) is 3.14. The van der Waals surface area contributed by atoms with Crippen molar-refractivity contribution in [3.63, 3.8) is 0 Å². The summed E-state index contributed by atoms with van der Waals surface area (Å²) in [6, 6.07) is 6.51. The summed E-state index contributed by atoms with van der Waals surface area (Å²) in [6.07, 6.45) is 4.48. The standard InChI is InChI=1S/C18H20N2O5S/c1-12-5-2-3-9-20(12)16(21)11-25-18(23)14-7-8-15(26-14)19-17(22)13-6-4-10-24-13/h4,6-8,10,12H,2-3,5,9,11H2,1H3,(H,19,22). The minimum absolute atomic E-state index is 0.173. The van der Waals surface area contributed by atoms with E-state index in [1.807, 2.05) is 6.92 Å². The number of nitrogens with zero attached hydrogens (tertiary/aromatic N) is 1. The zero-order valence-corrected chi connectivity index (χ0v) is 15.2. The van der Waals surface area contributed by atoms with Gasteiger partial charge in [-0.1, -0.05) is 0 Å². The Kier molecular flexibility index (Phi) is 5.72. The van der Waals surface area contributed by atoms with Gasteiger partial charge in [0, 0.05) is 12.6 Å². The van der Waals surface area contributed by atoms with E-state index in [1.54, 1.807) is 29.2 Å². The molecule has 1 fully saturated rings. The molecule has 2 aromatic heterocycles. The fourth-order valence-corrected chi connectivity index (χ4v) is 3.64. The highest BCUT2D eigenvalue weighted by atomic mass is 32.1. The van der Waals surface area contributed by atoms with Crippen LogP contribution in [0.15, 0.2) is 34.9 Å². The van der Waals surface area contributed by atoms with Crippen molar-refractivity contribution in [1.29, 1.82) is 0 Å². The summed E-state index contributed by atoms with van der Waals surface area (Å²) in [5.74, 6) is -0.963. The Hall–Kier alpha value is -2.61. The fraction of sp³-hybridized carbons (Fsp3) is 0.389. The number of hydrogen-bond donors (Lipinski definition) is 1. The second-order valence-electron chi connectivity index (χ2n) is 6.10. The maximum Gasteiger partial charge on any atom is 0.348 e. The molecule has 0 aliphatic carbocycles. The van der Waals surface area contributed by atoms with Crippen molar-refractivity contribution >= 4 is 34.1 Å². The number of thiophene rings is 1. The number of amides is 2. The van der Waals surface area contributed by atoms with Gasteiger partial charge in [0.15, 0.2) is 12.4 Å². The molecule has 7 nitrogen and oxygen atoms in total. The fourth-order valence-electron chi connectivity index (χ4n) is 2.85. The van der Waals surface area contributed by atoms with Crippen LogP contribution in [0.4, 0.5) is 5.00 Å². The highest BCUT2D eigenvalue weighted by Gasteiger charge is 2.24. The van der Waals surface area contributed by atoms with Gasteiger partial charge in [-0.3, -0.25) is 9.59 Å². The van der Waals surface area contributed by atoms with E-state index in [1.165, 1.54) is 6.26 Å². The van der Waals surface area contributed by atoms with E-state index in [-0.39, 0.29) is 24.3 Å². The number of piperidine rings is 1. The Morgan fingerprint density at radius 2 is 2.15 bits per heavy atom. The first kappa shape index (κ1) is 18.2. The number of carbonyl (C=O) groups is 3. The lowest BCUT2D eigenvalue weighted by atomic mass is 10.0. The molecule has 0 radical (unpaired) electrons. The molecule has 1 unspecified atom stereocenters. The summed E-state index contributed by atoms with van der Waals surface area (Å²) in [4.78, 5) is 38.3. The first-order valence-corrected chi connectivity index (χ1v) is 9.27. The van der Waals surface area contributed by atoms with Crippen molar-refractivity contribution in [3.8, 4) is 0 Å². The van der Waals surface area contributed by atoms with Crippen molar-refractivity contribution in [2.24, 2.45) is 0 Å². The van der Waals surface area contributed by atoms with Gasteiger partial charge < -0.3 is 19.4 Å². The average Bonchev–Trinajstić information content (AvgIpc) is 3.31. The minimum atomic E-state index is -0.577. The van der Waals surface area contributed by atoms with Crippen molar-refractivity contribution in [3.05, 3.63) is 41.2 Å². The highest BCUT2D eigenvalue weighted by Crippen LogP contribution is 2.23. The molecule has 3 rings (SSSR count). The van der Waals surface area contributed by atoms with Crippen LogP contribution in [0, 0.1) is 0 Å². The van der Waals surface area contributed by atoms with Crippen molar-refractivity contribution < 1.29 is 23.5 Å². The first-order valence-electron chi connectivity index (χ1n) is 8.46. The third-order valence-corrected chi connectivity index (χ3v) is 5.22. The lowest BCUT2D eigenvalue weighted by Crippen LogP contribution is -2.44. The third kappa shape index (κ3) is 4.32. The van der Waals surface area contributed by atoms with Crippen LogP contribution in [0.5, 0.6) is 0 Å². The van der Waals surface area contributed by atoms with Gasteiger partial charge in [0.1, 0.15) is 4.88 Å². The normalized spacial score (nSPS) is 17.0. The largest absolute Gasteiger partial charge is 0.459 e. The molecule has 0 bridgehead atoms. The Morgan fingerprint density at radius 1 is 1.31 bits per heavy atom. The number of esters is 1. The van der Waals surface area contributed by atoms with E-state index in [0.717, 1.165) is 30.6 Å². The number of rotatable bonds is 5. The van der Waals surface area contributed by atoms with Gasteiger partial charge in [-0.15, -0.1) is 11.3 Å². The van der Waals surface area contributed by atoms with E-state index in [9.17, 15) is 14.4 Å². The van der Waals surface area contributed by atoms with Crippen LogP contribution in [-0.2, 0) is 9.53 Å². The monoisotopic (exact) mass is 376 g/mol. The molecular formula is C18H20N2O5S. The van der Waals surface area contributed by atoms with Gasteiger partial charge in [0.25, 0.3) is 11.8 Å². The Bertz CT molecular complexity index is 783. The van der Waals surface area contributed by atoms with Gasteiger partial charge in [-0.2, -0.15) is 0 Å². The van der Waals surface area contributed by atoms with Crippen LogP contribution in [0.25, 0.3) is 0 Å². The number of anilines is 1. The second kappa shape index (κ2) is 8.18. The minimum Gasteiger partial charge on any atom is -0.459 e. The molecule has 2 amide bonds. The van der Waals surface area contributed by atoms with E-state index < -0.39 is 11.9 Å². The predicted octanol–water partition coefficient (Wildman–Crippen LogP) is 3.15. The second-order valence-corrected chi connectivity index (χ2v) is 7.19.